The molecule has 1 aliphatic heterocycles. The van der Waals surface area contributed by atoms with E-state index in [0.29, 0.717) is 11.3 Å². The summed E-state index contributed by atoms with van der Waals surface area (Å²) in [7, 11) is 0. The molecule has 1 atom stereocenters. The monoisotopic (exact) mass is 275 g/mol. The molecule has 2 heterocycles. The van der Waals surface area contributed by atoms with Gasteiger partial charge >= 0.3 is 0 Å². The minimum absolute atomic E-state index is 0.537. The van der Waals surface area contributed by atoms with Gasteiger partial charge in [-0.2, -0.15) is 0 Å². The topological polar surface area (TPSA) is 29.9 Å². The van der Waals surface area contributed by atoms with Gasteiger partial charge in [0.25, 0.3) is 0 Å². The van der Waals surface area contributed by atoms with E-state index in [1.807, 2.05) is 0 Å². The third-order valence-corrected chi connectivity index (χ3v) is 5.23. The normalized spacial score (nSPS) is 25.6. The Labute approximate surface area is 123 Å². The lowest BCUT2D eigenvalue weighted by atomic mass is 9.78. The molecule has 0 aromatic carbocycles. The molecule has 0 spiro atoms. The second kappa shape index (κ2) is 5.88. The lowest BCUT2D eigenvalue weighted by Gasteiger charge is -2.32. The Bertz CT molecular complexity index is 423. The van der Waals surface area contributed by atoms with E-state index in [2.05, 4.69) is 41.2 Å². The van der Waals surface area contributed by atoms with Crippen molar-refractivity contribution in [3.8, 4) is 0 Å². The maximum Gasteiger partial charge on any atom is 0.0948 e. The van der Waals surface area contributed by atoms with Gasteiger partial charge in [-0.25, -0.2) is 4.98 Å². The summed E-state index contributed by atoms with van der Waals surface area (Å²) in [6.45, 7) is 8.22. The molecule has 1 saturated carbocycles. The van der Waals surface area contributed by atoms with Gasteiger partial charge < -0.3 is 9.88 Å². The van der Waals surface area contributed by atoms with Gasteiger partial charge in [0.1, 0.15) is 0 Å². The predicted octanol–water partition coefficient (Wildman–Crippen LogP) is 3.57. The van der Waals surface area contributed by atoms with Crippen LogP contribution in [0.3, 0.4) is 0 Å². The van der Waals surface area contributed by atoms with Crippen molar-refractivity contribution in [2.75, 3.05) is 13.1 Å². The summed E-state index contributed by atoms with van der Waals surface area (Å²) in [6, 6.07) is 0. The predicted molar refractivity (Wildman–Crippen MR) is 82.8 cm³/mol. The lowest BCUT2D eigenvalue weighted by molar-refractivity contribution is 0.194. The molecule has 1 aromatic heterocycles. The van der Waals surface area contributed by atoms with E-state index in [1.54, 1.807) is 0 Å². The van der Waals surface area contributed by atoms with E-state index in [-0.39, 0.29) is 0 Å². The van der Waals surface area contributed by atoms with Crippen LogP contribution >= 0.6 is 0 Å². The summed E-state index contributed by atoms with van der Waals surface area (Å²) in [5, 5.41) is 3.48. The molecule has 2 fully saturated rings. The lowest BCUT2D eigenvalue weighted by Crippen LogP contribution is -2.27. The summed E-state index contributed by atoms with van der Waals surface area (Å²) in [5.74, 6) is 1.48. The minimum atomic E-state index is 0.537. The largest absolute Gasteiger partial charge is 0.334 e. The van der Waals surface area contributed by atoms with E-state index in [4.69, 9.17) is 0 Å². The molecule has 3 heteroatoms. The standard InChI is InChI=1S/C17H29N3/c1-14(2)9-17(6-3-4-7-17)12-20-13-19-11-16(20)15-5-8-18-10-15/h11,13-15,18H,3-10,12H2,1-2H3. The molecule has 20 heavy (non-hydrogen) atoms. The van der Waals surface area contributed by atoms with Crippen molar-refractivity contribution in [1.29, 1.82) is 0 Å². The van der Waals surface area contributed by atoms with Gasteiger partial charge in [0, 0.05) is 30.9 Å². The summed E-state index contributed by atoms with van der Waals surface area (Å²) in [5.41, 5.74) is 2.00. The van der Waals surface area contributed by atoms with Crippen LogP contribution in [0.4, 0.5) is 0 Å². The van der Waals surface area contributed by atoms with Gasteiger partial charge in [0.05, 0.1) is 6.33 Å². The number of nitrogens with zero attached hydrogens (tertiary/aromatic N) is 2. The molecule has 3 rings (SSSR count). The molecule has 3 nitrogen and oxygen atoms in total. The zero-order valence-corrected chi connectivity index (χ0v) is 13.1. The van der Waals surface area contributed by atoms with Crippen molar-refractivity contribution >= 4 is 0 Å². The molecule has 1 saturated heterocycles. The molecule has 1 unspecified atom stereocenters. The number of imidazole rings is 1. The van der Waals surface area contributed by atoms with Crippen molar-refractivity contribution in [1.82, 2.24) is 14.9 Å². The molecule has 0 radical (unpaired) electrons. The highest BCUT2D eigenvalue weighted by Crippen LogP contribution is 2.45. The van der Waals surface area contributed by atoms with Crippen molar-refractivity contribution in [2.24, 2.45) is 11.3 Å². The van der Waals surface area contributed by atoms with Crippen LogP contribution in [-0.2, 0) is 6.54 Å². The van der Waals surface area contributed by atoms with Crippen molar-refractivity contribution in [3.05, 3.63) is 18.2 Å². The molecule has 1 N–H and O–H groups in total. The van der Waals surface area contributed by atoms with Gasteiger partial charge in [-0.05, 0) is 43.6 Å². The second-order valence-electron chi connectivity index (χ2n) is 7.44. The van der Waals surface area contributed by atoms with Crippen LogP contribution in [0.5, 0.6) is 0 Å². The molecule has 112 valence electrons. The van der Waals surface area contributed by atoms with Crippen molar-refractivity contribution in [3.63, 3.8) is 0 Å². The average Bonchev–Trinajstić information content (AvgIpc) is 3.09. The van der Waals surface area contributed by atoms with Gasteiger partial charge in [0.15, 0.2) is 0 Å². The number of hydrogen-bond donors (Lipinski definition) is 1. The van der Waals surface area contributed by atoms with E-state index in [0.717, 1.165) is 19.0 Å². The fourth-order valence-electron chi connectivity index (χ4n) is 4.49. The number of hydrogen-bond acceptors (Lipinski definition) is 2. The van der Waals surface area contributed by atoms with Crippen LogP contribution in [0.2, 0.25) is 0 Å². The van der Waals surface area contributed by atoms with Gasteiger partial charge in [-0.15, -0.1) is 0 Å². The molecule has 0 amide bonds. The highest BCUT2D eigenvalue weighted by molar-refractivity contribution is 5.10. The zero-order chi connectivity index (χ0) is 14.0. The molecule has 1 aliphatic carbocycles. The third-order valence-electron chi connectivity index (χ3n) is 5.23. The summed E-state index contributed by atoms with van der Waals surface area (Å²) in [4.78, 5) is 4.45. The van der Waals surface area contributed by atoms with E-state index >= 15 is 0 Å². The first kappa shape index (κ1) is 14.1. The zero-order valence-electron chi connectivity index (χ0n) is 13.1. The Balaban J connectivity index is 1.77. The Morgan fingerprint density at radius 3 is 2.85 bits per heavy atom. The quantitative estimate of drug-likeness (QED) is 0.890. The fraction of sp³-hybridized carbons (Fsp3) is 0.824. The first-order valence-electron chi connectivity index (χ1n) is 8.39. The Morgan fingerprint density at radius 2 is 2.20 bits per heavy atom. The Hall–Kier alpha value is -0.830. The molecular weight excluding hydrogens is 246 g/mol. The van der Waals surface area contributed by atoms with Crippen LogP contribution in [-0.4, -0.2) is 22.6 Å². The van der Waals surface area contributed by atoms with Crippen molar-refractivity contribution in [2.45, 2.75) is 64.8 Å². The molecule has 2 aliphatic rings. The highest BCUT2D eigenvalue weighted by atomic mass is 15.1. The second-order valence-corrected chi connectivity index (χ2v) is 7.44. The molecule has 1 aromatic rings. The third kappa shape index (κ3) is 2.93. The smallest absolute Gasteiger partial charge is 0.0948 e. The maximum absolute atomic E-state index is 4.45. The van der Waals surface area contributed by atoms with Crippen LogP contribution in [0.1, 0.15) is 64.0 Å². The van der Waals surface area contributed by atoms with Crippen LogP contribution in [0.25, 0.3) is 0 Å². The summed E-state index contributed by atoms with van der Waals surface area (Å²) >= 11 is 0. The first-order valence-corrected chi connectivity index (χ1v) is 8.39. The summed E-state index contributed by atoms with van der Waals surface area (Å²) < 4.78 is 2.48. The fourth-order valence-corrected chi connectivity index (χ4v) is 4.49. The number of rotatable bonds is 5. The van der Waals surface area contributed by atoms with E-state index in [9.17, 15) is 0 Å². The number of nitrogens with one attached hydrogen (secondary N) is 1. The Morgan fingerprint density at radius 1 is 1.40 bits per heavy atom. The number of aromatic nitrogens is 2. The Kier molecular flexibility index (Phi) is 4.16. The van der Waals surface area contributed by atoms with Crippen LogP contribution in [0.15, 0.2) is 12.5 Å². The molecular formula is C17H29N3. The SMILES string of the molecule is CC(C)CC1(Cn2cncc2C2CCNC2)CCCC1. The van der Waals surface area contributed by atoms with E-state index in [1.165, 1.54) is 50.8 Å². The average molecular weight is 275 g/mol. The van der Waals surface area contributed by atoms with Crippen LogP contribution in [0, 0.1) is 11.3 Å². The van der Waals surface area contributed by atoms with Gasteiger partial charge in [-0.3, -0.25) is 0 Å². The first-order chi connectivity index (χ1) is 9.69. The van der Waals surface area contributed by atoms with Gasteiger partial charge in [0.2, 0.25) is 0 Å². The summed E-state index contributed by atoms with van der Waals surface area (Å²) in [6.07, 6.45) is 12.5. The van der Waals surface area contributed by atoms with Crippen LogP contribution < -0.4 is 5.32 Å². The maximum atomic E-state index is 4.45. The highest BCUT2D eigenvalue weighted by Gasteiger charge is 2.35. The molecule has 0 bridgehead atoms. The minimum Gasteiger partial charge on any atom is -0.334 e. The van der Waals surface area contributed by atoms with Crippen molar-refractivity contribution < 1.29 is 0 Å². The van der Waals surface area contributed by atoms with Gasteiger partial charge in [-0.1, -0.05) is 26.7 Å². The van der Waals surface area contributed by atoms with E-state index < -0.39 is 0 Å².